The normalized spacial score (nSPS) is 20.5. The summed E-state index contributed by atoms with van der Waals surface area (Å²) in [5.41, 5.74) is 7.03. The number of epoxide rings is 1. The van der Waals surface area contributed by atoms with Gasteiger partial charge >= 0.3 is 30.0 Å². The predicted molar refractivity (Wildman–Crippen MR) is 335 cm³/mol. The number of hydroxylamine groups is 2. The molecule has 1 unspecified atom stereocenters. The number of amides is 10. The van der Waals surface area contributed by atoms with Gasteiger partial charge in [0.15, 0.2) is 6.10 Å². The number of cyclic esters (lactones) is 2. The summed E-state index contributed by atoms with van der Waals surface area (Å²) in [6.45, 7) is 12.1. The Labute approximate surface area is 544 Å². The number of alkyl carbamates (subject to hydrolysis) is 1. The van der Waals surface area contributed by atoms with Gasteiger partial charge in [-0.3, -0.25) is 38.4 Å². The lowest BCUT2D eigenvalue weighted by Crippen LogP contribution is -2.54. The Morgan fingerprint density at radius 3 is 2.14 bits per heavy atom. The number of nitrogens with two attached hydrogens (primary N) is 1. The first kappa shape index (κ1) is 72.9. The molecule has 2 saturated heterocycles. The van der Waals surface area contributed by atoms with Crippen molar-refractivity contribution in [2.24, 2.45) is 28.9 Å². The number of hydrogen-bond donors (Lipinski definition) is 8. The van der Waals surface area contributed by atoms with E-state index >= 15 is 0 Å². The summed E-state index contributed by atoms with van der Waals surface area (Å²) in [5, 5.41) is 19.5. The van der Waals surface area contributed by atoms with Crippen LogP contribution in [-0.4, -0.2) is 133 Å². The molecule has 0 saturated carbocycles. The zero-order chi connectivity index (χ0) is 68.1. The number of urea groups is 1. The average molecular weight is 1310 g/mol. The number of nitrogens with one attached hydrogen (secondary N) is 7. The molecule has 0 aliphatic carbocycles. The maximum Gasteiger partial charge on any atom is 0.407 e. The fourth-order valence-corrected chi connectivity index (χ4v) is 10.2. The Morgan fingerprint density at radius 2 is 1.49 bits per heavy atom. The van der Waals surface area contributed by atoms with Crippen molar-refractivity contribution in [3.05, 3.63) is 106 Å². The van der Waals surface area contributed by atoms with Gasteiger partial charge in [-0.2, -0.15) is 0 Å². The van der Waals surface area contributed by atoms with Crippen LogP contribution in [-0.2, 0) is 91.3 Å². The van der Waals surface area contributed by atoms with Gasteiger partial charge in [0, 0.05) is 69.8 Å². The Kier molecular flexibility index (Phi) is 27.1. The number of rotatable bonds is 27. The summed E-state index contributed by atoms with van der Waals surface area (Å²) in [7, 11) is 1.48. The lowest BCUT2D eigenvalue weighted by atomic mass is 9.92. The molecule has 3 aliphatic rings. The standard InChI is InChI=1S/C65H84ClN9O18/c1-36(2)30-49-61(84)90-47(13-9-14-50(76)72-46(32-41-21-26-48(88-8)44(66)31-41)58(81)70-35-65(6,7)62(85)91-49)38(5)56-57(92-56)42-22-17-39(18-23-42)33-69-64(87)89-34-40-19-24-43(25-20-40)71-59(82)45(12-11-29-68-63(67)86)73-60(83)55(37(3)4)74-51(77)15-10-16-54(80)93-75-52(78)27-28-53(75)79/h9,14,17-26,31,36-38,45-47,49,55-57H,10-13,15-16,27-30,32-35H2,1-8H3,(H,69,87)(H,70,81)(H,71,82)(H,72,76)(H,73,83)(H,74,77)(H3,67,68,86)/b14-9+/t38-,45-,46+,47?,49-,55-,56-,57-/m0/s1. The summed E-state index contributed by atoms with van der Waals surface area (Å²) in [6, 6.07) is 14.7. The number of nitrogens with zero attached hydrogens (tertiary/aromatic N) is 1. The number of ether oxygens (including phenoxy) is 5. The number of benzene rings is 3. The molecule has 504 valence electrons. The van der Waals surface area contributed by atoms with Crippen molar-refractivity contribution in [3.63, 3.8) is 0 Å². The number of imide groups is 1. The number of esters is 2. The van der Waals surface area contributed by atoms with Crippen molar-refractivity contribution in [2.75, 3.05) is 25.5 Å². The van der Waals surface area contributed by atoms with Gasteiger partial charge in [0.1, 0.15) is 42.7 Å². The zero-order valence-electron chi connectivity index (χ0n) is 53.4. The monoisotopic (exact) mass is 1310 g/mol. The molecule has 3 aliphatic heterocycles. The molecular formula is C65H84ClN9O18. The molecule has 10 amide bonds. The maximum atomic E-state index is 14.0. The molecule has 2 fully saturated rings. The Balaban J connectivity index is 1.000. The minimum Gasteiger partial charge on any atom is -0.495 e. The van der Waals surface area contributed by atoms with E-state index in [1.807, 2.05) is 45.0 Å². The highest BCUT2D eigenvalue weighted by atomic mass is 35.5. The van der Waals surface area contributed by atoms with Gasteiger partial charge in [0.05, 0.1) is 23.7 Å². The first-order valence-corrected chi connectivity index (χ1v) is 31.2. The molecule has 8 atom stereocenters. The minimum absolute atomic E-state index is 0.0121. The third kappa shape index (κ3) is 22.9. The van der Waals surface area contributed by atoms with Crippen molar-refractivity contribution in [2.45, 2.75) is 168 Å². The summed E-state index contributed by atoms with van der Waals surface area (Å²) in [5.74, 6) is -7.16. The molecule has 3 aromatic rings. The summed E-state index contributed by atoms with van der Waals surface area (Å²) >= 11 is 6.38. The molecular weight excluding hydrogens is 1230 g/mol. The summed E-state index contributed by atoms with van der Waals surface area (Å²) < 4.78 is 28.9. The van der Waals surface area contributed by atoms with E-state index in [1.54, 1.807) is 76.2 Å². The van der Waals surface area contributed by atoms with Gasteiger partial charge in [0.25, 0.3) is 11.8 Å². The zero-order valence-corrected chi connectivity index (χ0v) is 54.2. The maximum absolute atomic E-state index is 14.0. The fourth-order valence-electron chi connectivity index (χ4n) is 9.96. The van der Waals surface area contributed by atoms with Crippen LogP contribution in [0.25, 0.3) is 0 Å². The quantitative estimate of drug-likeness (QED) is 0.0157. The van der Waals surface area contributed by atoms with Gasteiger partial charge in [-0.1, -0.05) is 94.8 Å². The fraction of sp³-hybridized carbons (Fsp3) is 0.508. The van der Waals surface area contributed by atoms with Gasteiger partial charge in [-0.25, -0.2) is 19.2 Å². The van der Waals surface area contributed by atoms with Gasteiger partial charge in [0.2, 0.25) is 29.5 Å². The van der Waals surface area contributed by atoms with E-state index in [-0.39, 0.29) is 96.4 Å². The van der Waals surface area contributed by atoms with Crippen LogP contribution >= 0.6 is 11.6 Å². The second-order valence-corrected chi connectivity index (χ2v) is 24.8. The van der Waals surface area contributed by atoms with E-state index in [1.165, 1.54) is 13.2 Å². The number of hydrogen-bond acceptors (Lipinski definition) is 18. The lowest BCUT2D eigenvalue weighted by molar-refractivity contribution is -0.197. The lowest BCUT2D eigenvalue weighted by Gasteiger charge is -2.29. The molecule has 27 nitrogen and oxygen atoms in total. The Bertz CT molecular complexity index is 3220. The SMILES string of the molecule is COc1ccc(C[C@H]2NC(=O)/C=C/CC([C@H](C)[C@@H]3O[C@H]3c3ccc(CNC(=O)OCc4ccc(NC(=O)[C@H](CCCNC(N)=O)NC(=O)[C@@H](NC(=O)CCCC(=O)ON5C(=O)CCC5=O)C(C)C)cc4)cc3)OC(=O)[C@H](CC(C)C)OC(=O)C(C)(C)CNC2=O)cc1Cl. The Morgan fingerprint density at radius 1 is 0.817 bits per heavy atom. The number of carbonyl (C=O) groups excluding carboxylic acids is 12. The second-order valence-electron chi connectivity index (χ2n) is 24.4. The molecule has 6 rings (SSSR count). The third-order valence-corrected chi connectivity index (χ3v) is 15.8. The largest absolute Gasteiger partial charge is 0.495 e. The van der Waals surface area contributed by atoms with Crippen molar-refractivity contribution in [1.82, 2.24) is 37.0 Å². The van der Waals surface area contributed by atoms with Crippen molar-refractivity contribution in [3.8, 4) is 5.75 Å². The Hall–Kier alpha value is -9.11. The van der Waals surface area contributed by atoms with Gasteiger partial charge in [-0.15, -0.1) is 5.06 Å². The summed E-state index contributed by atoms with van der Waals surface area (Å²) in [6.07, 6.45) is -0.859. The van der Waals surface area contributed by atoms with E-state index in [0.717, 1.165) is 11.1 Å². The molecule has 3 heterocycles. The van der Waals surface area contributed by atoms with E-state index in [2.05, 4.69) is 37.2 Å². The number of primary amides is 1. The van der Waals surface area contributed by atoms with Crippen LogP contribution in [0.15, 0.2) is 78.9 Å². The van der Waals surface area contributed by atoms with Crippen LogP contribution in [0.3, 0.4) is 0 Å². The molecule has 93 heavy (non-hydrogen) atoms. The summed E-state index contributed by atoms with van der Waals surface area (Å²) in [4.78, 5) is 160. The number of halogens is 1. The van der Waals surface area contributed by atoms with E-state index in [4.69, 9.17) is 45.9 Å². The average Bonchev–Trinajstić information content (AvgIpc) is 1.64. The van der Waals surface area contributed by atoms with Crippen molar-refractivity contribution in [1.29, 1.82) is 0 Å². The van der Waals surface area contributed by atoms with Crippen LogP contribution in [0.4, 0.5) is 15.3 Å². The molecule has 9 N–H and O–H groups in total. The van der Waals surface area contributed by atoms with Crippen LogP contribution in [0.5, 0.6) is 5.75 Å². The van der Waals surface area contributed by atoms with Gasteiger partial charge < -0.3 is 71.5 Å². The van der Waals surface area contributed by atoms with Crippen LogP contribution in [0.1, 0.15) is 135 Å². The van der Waals surface area contributed by atoms with E-state index in [9.17, 15) is 57.5 Å². The van der Waals surface area contributed by atoms with Crippen LogP contribution in [0, 0.1) is 23.2 Å². The smallest absolute Gasteiger partial charge is 0.407 e. The molecule has 0 spiro atoms. The first-order chi connectivity index (χ1) is 44.1. The highest BCUT2D eigenvalue weighted by molar-refractivity contribution is 6.32. The number of methoxy groups -OCH3 is 1. The van der Waals surface area contributed by atoms with Crippen molar-refractivity contribution >= 4 is 88.7 Å². The van der Waals surface area contributed by atoms with Crippen molar-refractivity contribution < 1.29 is 86.1 Å². The first-order valence-electron chi connectivity index (χ1n) is 30.8. The van der Waals surface area contributed by atoms with Crippen LogP contribution < -0.4 is 47.7 Å². The molecule has 28 heteroatoms. The molecule has 0 bridgehead atoms. The van der Waals surface area contributed by atoms with Crippen LogP contribution in [0.2, 0.25) is 5.02 Å². The van der Waals surface area contributed by atoms with E-state index < -0.39 is 131 Å². The molecule has 3 aromatic carbocycles. The highest BCUT2D eigenvalue weighted by Gasteiger charge is 2.48. The van der Waals surface area contributed by atoms with Gasteiger partial charge in [-0.05, 0) is 104 Å². The highest BCUT2D eigenvalue weighted by Crippen LogP contribution is 2.45. The third-order valence-electron chi connectivity index (χ3n) is 15.5. The number of anilines is 1. The predicted octanol–water partition coefficient (Wildman–Crippen LogP) is 5.34. The second kappa shape index (κ2) is 34.5. The minimum atomic E-state index is -1.29. The topological polar surface area (TPSA) is 377 Å². The molecule has 0 aromatic heterocycles. The van der Waals surface area contributed by atoms with E-state index in [0.29, 0.717) is 32.6 Å². The number of carbonyl (C=O) groups is 12. The molecule has 0 radical (unpaired) electrons.